The first kappa shape index (κ1) is 15.1. The lowest BCUT2D eigenvalue weighted by Gasteiger charge is -2.02. The van der Waals surface area contributed by atoms with Crippen LogP contribution in [0.25, 0.3) is 17.5 Å². The van der Waals surface area contributed by atoms with E-state index in [9.17, 15) is 4.39 Å². The van der Waals surface area contributed by atoms with E-state index in [2.05, 4.69) is 15.3 Å². The number of nitrogens with one attached hydrogen (secondary N) is 1. The summed E-state index contributed by atoms with van der Waals surface area (Å²) in [4.78, 5) is 0. The molecule has 0 radical (unpaired) electrons. The molecule has 0 unspecified atom stereocenters. The lowest BCUT2D eigenvalue weighted by Crippen LogP contribution is -1.96. The largest absolute Gasteiger partial charge is 0.465 e. The quantitative estimate of drug-likeness (QED) is 0.574. The average Bonchev–Trinajstić information content (AvgIpc) is 3.16. The standard InChI is InChI=1S/C16H13FN4OS/c1-11(9-12-5-4-8-22-12)10-18-21-15(19-20-16(21)23)13-6-2-3-7-14(13)17/h2-10H,1H3,(H,20,23)/b11-9+,18-10-. The molecule has 116 valence electrons. The highest BCUT2D eigenvalue weighted by Gasteiger charge is 2.12. The molecule has 0 atom stereocenters. The van der Waals surface area contributed by atoms with Crippen LogP contribution in [-0.4, -0.2) is 21.1 Å². The molecule has 0 spiro atoms. The van der Waals surface area contributed by atoms with Crippen LogP contribution in [0.5, 0.6) is 0 Å². The third kappa shape index (κ3) is 3.35. The summed E-state index contributed by atoms with van der Waals surface area (Å²) in [5.74, 6) is 0.648. The number of hydrogen-bond acceptors (Lipinski definition) is 4. The van der Waals surface area contributed by atoms with Gasteiger partial charge in [-0.1, -0.05) is 12.1 Å². The second kappa shape index (κ2) is 6.53. The predicted octanol–water partition coefficient (Wildman–Crippen LogP) is 4.28. The minimum atomic E-state index is -0.388. The molecule has 1 N–H and O–H groups in total. The van der Waals surface area contributed by atoms with E-state index < -0.39 is 0 Å². The monoisotopic (exact) mass is 328 g/mol. The highest BCUT2D eigenvalue weighted by Crippen LogP contribution is 2.20. The fraction of sp³-hybridized carbons (Fsp3) is 0.0625. The molecule has 0 aliphatic rings. The van der Waals surface area contributed by atoms with Crippen LogP contribution < -0.4 is 0 Å². The van der Waals surface area contributed by atoms with Crippen molar-refractivity contribution in [1.82, 2.24) is 14.9 Å². The minimum absolute atomic E-state index is 0.283. The Labute approximate surface area is 136 Å². The summed E-state index contributed by atoms with van der Waals surface area (Å²) in [6.07, 6.45) is 5.03. The van der Waals surface area contributed by atoms with Gasteiger partial charge in [-0.25, -0.2) is 9.49 Å². The number of furan rings is 1. The molecule has 5 nitrogen and oxygen atoms in total. The van der Waals surface area contributed by atoms with Crippen molar-refractivity contribution in [2.24, 2.45) is 5.10 Å². The van der Waals surface area contributed by atoms with Crippen molar-refractivity contribution in [2.45, 2.75) is 6.92 Å². The van der Waals surface area contributed by atoms with Gasteiger partial charge >= 0.3 is 0 Å². The van der Waals surface area contributed by atoms with Crippen LogP contribution in [-0.2, 0) is 0 Å². The van der Waals surface area contributed by atoms with Crippen molar-refractivity contribution in [3.63, 3.8) is 0 Å². The molecule has 0 saturated carbocycles. The zero-order valence-electron chi connectivity index (χ0n) is 12.2. The zero-order valence-corrected chi connectivity index (χ0v) is 13.0. The van der Waals surface area contributed by atoms with Gasteiger partial charge < -0.3 is 4.42 Å². The van der Waals surface area contributed by atoms with Crippen molar-refractivity contribution in [1.29, 1.82) is 0 Å². The molecule has 0 fully saturated rings. The van der Waals surface area contributed by atoms with Crippen LogP contribution in [0.4, 0.5) is 4.39 Å². The van der Waals surface area contributed by atoms with Gasteiger partial charge in [0.05, 0.1) is 18.0 Å². The lowest BCUT2D eigenvalue weighted by molar-refractivity contribution is 0.557. The first-order valence-corrected chi connectivity index (χ1v) is 7.24. The van der Waals surface area contributed by atoms with E-state index in [0.717, 1.165) is 11.3 Å². The fourth-order valence-electron chi connectivity index (χ4n) is 2.00. The van der Waals surface area contributed by atoms with E-state index in [1.807, 2.05) is 19.1 Å². The van der Waals surface area contributed by atoms with Crippen LogP contribution in [0, 0.1) is 10.6 Å². The van der Waals surface area contributed by atoms with Crippen molar-refractivity contribution >= 4 is 24.5 Å². The molecule has 7 heteroatoms. The molecule has 0 amide bonds. The fourth-order valence-corrected chi connectivity index (χ4v) is 2.18. The Morgan fingerprint density at radius 3 is 2.91 bits per heavy atom. The van der Waals surface area contributed by atoms with Gasteiger partial charge in [-0.3, -0.25) is 0 Å². The van der Waals surface area contributed by atoms with Crippen LogP contribution in [0.1, 0.15) is 12.7 Å². The number of halogens is 1. The van der Waals surface area contributed by atoms with E-state index >= 15 is 0 Å². The van der Waals surface area contributed by atoms with Crippen LogP contribution in [0.3, 0.4) is 0 Å². The molecule has 0 saturated heterocycles. The van der Waals surface area contributed by atoms with Crippen molar-refractivity contribution in [2.75, 3.05) is 0 Å². The van der Waals surface area contributed by atoms with Crippen LogP contribution >= 0.6 is 12.2 Å². The molecule has 3 aromatic rings. The minimum Gasteiger partial charge on any atom is -0.465 e. The van der Waals surface area contributed by atoms with E-state index in [-0.39, 0.29) is 10.6 Å². The summed E-state index contributed by atoms with van der Waals surface area (Å²) < 4.78 is 20.8. The molecule has 1 aromatic carbocycles. The Balaban J connectivity index is 1.95. The summed E-state index contributed by atoms with van der Waals surface area (Å²) in [7, 11) is 0. The Morgan fingerprint density at radius 1 is 1.35 bits per heavy atom. The molecule has 23 heavy (non-hydrogen) atoms. The molecular formula is C16H13FN4OS. The maximum absolute atomic E-state index is 13.9. The zero-order chi connectivity index (χ0) is 16.2. The number of benzene rings is 1. The molecule has 3 rings (SSSR count). The smallest absolute Gasteiger partial charge is 0.216 e. The third-order valence-corrected chi connectivity index (χ3v) is 3.32. The van der Waals surface area contributed by atoms with Gasteiger partial charge in [0, 0.05) is 0 Å². The topological polar surface area (TPSA) is 59.1 Å². The second-order valence-corrected chi connectivity index (χ2v) is 5.18. The van der Waals surface area contributed by atoms with E-state index in [1.54, 1.807) is 36.7 Å². The SMILES string of the molecule is CC(/C=N\n1c(-c2ccccc2F)n[nH]c1=S)=C\c1ccco1. The molecular weight excluding hydrogens is 315 g/mol. The number of allylic oxidation sites excluding steroid dienone is 1. The molecule has 2 aromatic heterocycles. The van der Waals surface area contributed by atoms with Gasteiger partial charge in [0.2, 0.25) is 4.77 Å². The maximum atomic E-state index is 13.9. The van der Waals surface area contributed by atoms with Crippen molar-refractivity contribution < 1.29 is 8.81 Å². The summed E-state index contributed by atoms with van der Waals surface area (Å²) >= 11 is 5.15. The number of hydrogen-bond donors (Lipinski definition) is 1. The molecule has 0 aliphatic carbocycles. The van der Waals surface area contributed by atoms with Gasteiger partial charge in [0.15, 0.2) is 5.82 Å². The highest BCUT2D eigenvalue weighted by atomic mass is 32.1. The van der Waals surface area contributed by atoms with E-state index in [4.69, 9.17) is 16.6 Å². The average molecular weight is 328 g/mol. The molecule has 2 heterocycles. The normalized spacial score (nSPS) is 12.2. The first-order valence-electron chi connectivity index (χ1n) is 6.83. The summed E-state index contributed by atoms with van der Waals surface area (Å²) in [6.45, 7) is 1.87. The second-order valence-electron chi connectivity index (χ2n) is 4.79. The predicted molar refractivity (Wildman–Crippen MR) is 89.1 cm³/mol. The van der Waals surface area contributed by atoms with Gasteiger partial charge in [-0.05, 0) is 55.1 Å². The number of rotatable bonds is 4. The Hall–Kier alpha value is -2.80. The first-order chi connectivity index (χ1) is 11.1. The maximum Gasteiger partial charge on any atom is 0.216 e. The molecule has 0 aliphatic heterocycles. The van der Waals surface area contributed by atoms with Crippen molar-refractivity contribution in [3.05, 3.63) is 64.6 Å². The number of aromatic amines is 1. The van der Waals surface area contributed by atoms with E-state index in [0.29, 0.717) is 11.4 Å². The number of nitrogens with zero attached hydrogens (tertiary/aromatic N) is 3. The molecule has 0 bridgehead atoms. The van der Waals surface area contributed by atoms with Crippen molar-refractivity contribution in [3.8, 4) is 11.4 Å². The van der Waals surface area contributed by atoms with Gasteiger partial charge in [-0.15, -0.1) is 0 Å². The van der Waals surface area contributed by atoms with Crippen LogP contribution in [0.2, 0.25) is 0 Å². The van der Waals surface area contributed by atoms with Crippen LogP contribution in [0.15, 0.2) is 57.8 Å². The number of H-pyrrole nitrogens is 1. The highest BCUT2D eigenvalue weighted by molar-refractivity contribution is 7.71. The van der Waals surface area contributed by atoms with E-state index in [1.165, 1.54) is 10.7 Å². The third-order valence-electron chi connectivity index (χ3n) is 3.06. The number of aromatic nitrogens is 3. The lowest BCUT2D eigenvalue weighted by atomic mass is 10.2. The Bertz CT molecular complexity index is 922. The van der Waals surface area contributed by atoms with Gasteiger partial charge in [-0.2, -0.15) is 14.9 Å². The Kier molecular flexibility index (Phi) is 4.29. The van der Waals surface area contributed by atoms with Gasteiger partial charge in [0.25, 0.3) is 0 Å². The van der Waals surface area contributed by atoms with Gasteiger partial charge in [0.1, 0.15) is 11.6 Å². The summed E-state index contributed by atoms with van der Waals surface area (Å²) in [5, 5.41) is 11.0. The summed E-state index contributed by atoms with van der Waals surface area (Å²) in [6, 6.07) is 9.97. The summed E-state index contributed by atoms with van der Waals surface area (Å²) in [5.41, 5.74) is 1.17. The Morgan fingerprint density at radius 2 is 2.17 bits per heavy atom.